The topological polar surface area (TPSA) is 110 Å². The lowest BCUT2D eigenvalue weighted by atomic mass is 9.97. The Kier molecular flexibility index (Phi) is 7.80. The van der Waals surface area contributed by atoms with Gasteiger partial charge in [-0.1, -0.05) is 0 Å². The molecule has 4 heterocycles. The van der Waals surface area contributed by atoms with E-state index in [2.05, 4.69) is 20.4 Å². The van der Waals surface area contributed by atoms with Crippen molar-refractivity contribution in [1.82, 2.24) is 30.0 Å². The molecule has 2 aromatic heterocycles. The zero-order valence-electron chi connectivity index (χ0n) is 20.3. The fourth-order valence-electron chi connectivity index (χ4n) is 4.43. The highest BCUT2D eigenvalue weighted by atomic mass is 19.4. The molecule has 2 N–H and O–H groups in total. The van der Waals surface area contributed by atoms with Gasteiger partial charge in [-0.25, -0.2) is 15.1 Å². The molecule has 2 saturated heterocycles. The number of likely N-dealkylation sites (tertiary alicyclic amines) is 1. The Balaban J connectivity index is 1.19. The molecule has 1 atom stereocenters. The summed E-state index contributed by atoms with van der Waals surface area (Å²) in [4.78, 5) is 37.5. The second-order valence-corrected chi connectivity index (χ2v) is 9.36. The van der Waals surface area contributed by atoms with Crippen LogP contribution < -0.4 is 15.8 Å². The number of piperazine rings is 1. The van der Waals surface area contributed by atoms with E-state index in [1.54, 1.807) is 21.8 Å². The normalized spacial score (nSPS) is 18.3. The van der Waals surface area contributed by atoms with Gasteiger partial charge in [0, 0.05) is 64.2 Å². The molecule has 38 heavy (non-hydrogen) atoms. The van der Waals surface area contributed by atoms with Crippen LogP contribution in [0.15, 0.2) is 23.4 Å². The van der Waals surface area contributed by atoms with Crippen LogP contribution in [-0.4, -0.2) is 87.7 Å². The number of amides is 1. The Bertz CT molecular complexity index is 1170. The highest BCUT2D eigenvalue weighted by Crippen LogP contribution is 2.32. The van der Waals surface area contributed by atoms with Crippen LogP contribution in [0, 0.1) is 5.92 Å². The van der Waals surface area contributed by atoms with Crippen LogP contribution in [-0.2, 0) is 17.1 Å². The highest BCUT2D eigenvalue weighted by molar-refractivity contribution is 5.80. The number of hydrogen-bond donors (Lipinski definition) is 2. The van der Waals surface area contributed by atoms with Crippen molar-refractivity contribution in [2.75, 3.05) is 56.0 Å². The maximum absolute atomic E-state index is 13.2. The monoisotopic (exact) mass is 548 g/mol. The van der Waals surface area contributed by atoms with Crippen LogP contribution in [0.2, 0.25) is 0 Å². The summed E-state index contributed by atoms with van der Waals surface area (Å²) < 4.78 is 77.7. The lowest BCUT2D eigenvalue weighted by molar-refractivity contribution is -0.141. The highest BCUT2D eigenvalue weighted by Gasteiger charge is 2.39. The predicted molar refractivity (Wildman–Crippen MR) is 123 cm³/mol. The Morgan fingerprint density at radius 2 is 1.68 bits per heavy atom. The smallest absolute Gasteiger partial charge is 0.381 e. The van der Waals surface area contributed by atoms with Crippen LogP contribution in [0.25, 0.3) is 0 Å². The number of alkyl halides is 6. The van der Waals surface area contributed by atoms with Gasteiger partial charge in [0.15, 0.2) is 0 Å². The average molecular weight is 548 g/mol. The molecule has 16 heteroatoms. The Hall–Kier alpha value is -3.43. The number of halogens is 6. The Morgan fingerprint density at radius 3 is 2.26 bits per heavy atom. The van der Waals surface area contributed by atoms with Crippen LogP contribution in [0.4, 0.5) is 38.0 Å². The number of hydrogen-bond acceptors (Lipinski definition) is 8. The molecule has 208 valence electrons. The quantitative estimate of drug-likeness (QED) is 0.507. The summed E-state index contributed by atoms with van der Waals surface area (Å²) in [7, 11) is 0. The van der Waals surface area contributed by atoms with Gasteiger partial charge in [-0.3, -0.25) is 9.59 Å². The largest absolute Gasteiger partial charge is 0.423 e. The summed E-state index contributed by atoms with van der Waals surface area (Å²) in [6, 6.07) is -0.380. The fourth-order valence-corrected chi connectivity index (χ4v) is 4.43. The summed E-state index contributed by atoms with van der Waals surface area (Å²) in [6.45, 7) is 4.88. The lowest BCUT2D eigenvalue weighted by Crippen LogP contribution is -2.58. The van der Waals surface area contributed by atoms with Crippen LogP contribution in [0.1, 0.15) is 24.5 Å². The van der Waals surface area contributed by atoms with Gasteiger partial charge in [0.25, 0.3) is 5.56 Å². The third kappa shape index (κ3) is 6.34. The Morgan fingerprint density at radius 1 is 1.05 bits per heavy atom. The number of carbonyl (C=O) groups excluding carboxylic acids is 1. The van der Waals surface area contributed by atoms with Crippen molar-refractivity contribution >= 4 is 17.5 Å². The molecule has 2 aliphatic rings. The second kappa shape index (κ2) is 10.7. The number of anilines is 2. The standard InChI is InChI=1S/C22H26F6N8O2/c1-13(32-16-10-31-33-18(37)17(16)22(26,27)28)2-3-34-11-14(12-34)19(38)35-4-6-36(7-5-35)20-29-8-15(9-30-20)21(23,24)25/h8-10,13-14H,2-7,11-12H2,1H3,(H2,32,33,37)/t13-/m0/s1. The van der Waals surface area contributed by atoms with E-state index >= 15 is 0 Å². The van der Waals surface area contributed by atoms with Crippen LogP contribution in [0.3, 0.4) is 0 Å². The minimum Gasteiger partial charge on any atom is -0.381 e. The molecule has 0 aliphatic carbocycles. The predicted octanol–water partition coefficient (Wildman–Crippen LogP) is 2.07. The van der Waals surface area contributed by atoms with E-state index in [4.69, 9.17) is 0 Å². The minimum absolute atomic E-state index is 0.00943. The van der Waals surface area contributed by atoms with Gasteiger partial charge in [-0.2, -0.15) is 31.4 Å². The van der Waals surface area contributed by atoms with Gasteiger partial charge in [0.05, 0.1) is 23.4 Å². The van der Waals surface area contributed by atoms with Gasteiger partial charge in [-0.05, 0) is 13.3 Å². The summed E-state index contributed by atoms with van der Waals surface area (Å²) >= 11 is 0. The third-order valence-electron chi connectivity index (χ3n) is 6.57. The maximum atomic E-state index is 13.2. The number of aromatic nitrogens is 4. The van der Waals surface area contributed by atoms with Gasteiger partial charge >= 0.3 is 12.4 Å². The summed E-state index contributed by atoms with van der Waals surface area (Å²) in [6.07, 6.45) is -6.43. The van der Waals surface area contributed by atoms with Crippen LogP contribution in [0.5, 0.6) is 0 Å². The van der Waals surface area contributed by atoms with Gasteiger partial charge in [0.1, 0.15) is 5.56 Å². The van der Waals surface area contributed by atoms with E-state index in [-0.39, 0.29) is 29.5 Å². The number of H-pyrrole nitrogens is 1. The average Bonchev–Trinajstić information content (AvgIpc) is 2.82. The molecular weight excluding hydrogens is 522 g/mol. The van der Waals surface area contributed by atoms with E-state index in [0.717, 1.165) is 18.6 Å². The van der Waals surface area contributed by atoms with Crippen molar-refractivity contribution in [2.45, 2.75) is 31.7 Å². The van der Waals surface area contributed by atoms with E-state index in [0.29, 0.717) is 52.2 Å². The molecule has 2 aliphatic heterocycles. The van der Waals surface area contributed by atoms with Crippen molar-refractivity contribution in [2.24, 2.45) is 5.92 Å². The van der Waals surface area contributed by atoms with Crippen molar-refractivity contribution in [1.29, 1.82) is 0 Å². The molecule has 1 amide bonds. The molecule has 0 spiro atoms. The molecule has 0 radical (unpaired) electrons. The first-order valence-corrected chi connectivity index (χ1v) is 11.9. The second-order valence-electron chi connectivity index (χ2n) is 9.36. The molecule has 2 fully saturated rings. The van der Waals surface area contributed by atoms with Crippen molar-refractivity contribution in [3.8, 4) is 0 Å². The summed E-state index contributed by atoms with van der Waals surface area (Å²) in [5, 5.41) is 7.93. The lowest BCUT2D eigenvalue weighted by Gasteiger charge is -2.43. The molecule has 0 bridgehead atoms. The van der Waals surface area contributed by atoms with Gasteiger partial charge in [0.2, 0.25) is 11.9 Å². The summed E-state index contributed by atoms with van der Waals surface area (Å²) in [5.41, 5.74) is -3.94. The zero-order chi connectivity index (χ0) is 27.7. The van der Waals surface area contributed by atoms with Crippen molar-refractivity contribution in [3.05, 3.63) is 40.1 Å². The van der Waals surface area contributed by atoms with E-state index in [1.165, 1.54) is 0 Å². The van der Waals surface area contributed by atoms with E-state index in [1.807, 2.05) is 4.90 Å². The van der Waals surface area contributed by atoms with E-state index < -0.39 is 29.0 Å². The number of aromatic amines is 1. The first-order valence-electron chi connectivity index (χ1n) is 11.9. The first kappa shape index (κ1) is 27.6. The number of nitrogens with one attached hydrogen (secondary N) is 2. The fraction of sp³-hybridized carbons (Fsp3) is 0.591. The Labute approximate surface area is 213 Å². The number of nitrogens with zero attached hydrogens (tertiary/aromatic N) is 6. The zero-order valence-corrected chi connectivity index (χ0v) is 20.3. The first-order chi connectivity index (χ1) is 17.8. The third-order valence-corrected chi connectivity index (χ3v) is 6.57. The molecule has 0 unspecified atom stereocenters. The number of carbonyl (C=O) groups is 1. The number of rotatable bonds is 7. The van der Waals surface area contributed by atoms with Crippen LogP contribution >= 0.6 is 0 Å². The maximum Gasteiger partial charge on any atom is 0.423 e. The molecule has 0 saturated carbocycles. The SMILES string of the molecule is C[C@@H](CCN1CC(C(=O)N2CCN(c3ncc(C(F)(F)F)cn3)CC2)C1)Nc1cn[nH]c(=O)c1C(F)(F)F. The van der Waals surface area contributed by atoms with Crippen molar-refractivity contribution < 1.29 is 31.1 Å². The molecular formula is C22H26F6N8O2. The van der Waals surface area contributed by atoms with Gasteiger partial charge < -0.3 is 20.0 Å². The van der Waals surface area contributed by atoms with Gasteiger partial charge in [-0.15, -0.1) is 0 Å². The summed E-state index contributed by atoms with van der Waals surface area (Å²) in [5.74, 6) is -0.0217. The molecule has 4 rings (SSSR count). The van der Waals surface area contributed by atoms with E-state index in [9.17, 15) is 35.9 Å². The molecule has 0 aromatic carbocycles. The van der Waals surface area contributed by atoms with Crippen molar-refractivity contribution in [3.63, 3.8) is 0 Å². The molecule has 2 aromatic rings. The molecule has 10 nitrogen and oxygen atoms in total. The minimum atomic E-state index is -4.82.